The van der Waals surface area contributed by atoms with E-state index in [0.29, 0.717) is 43.0 Å². The minimum absolute atomic E-state index is 0.0461. The number of aromatic amines is 1. The summed E-state index contributed by atoms with van der Waals surface area (Å²) in [5, 5.41) is 3.57. The summed E-state index contributed by atoms with van der Waals surface area (Å²) in [6, 6.07) is 34.6. The highest BCUT2D eigenvalue weighted by molar-refractivity contribution is 5.95. The maximum atomic E-state index is 14.3. The predicted molar refractivity (Wildman–Crippen MR) is 168 cm³/mol. The van der Waals surface area contributed by atoms with E-state index in [0.717, 1.165) is 27.9 Å². The number of piperazine rings is 1. The van der Waals surface area contributed by atoms with Crippen molar-refractivity contribution in [2.45, 2.75) is 12.0 Å². The molecule has 0 bridgehead atoms. The third-order valence-corrected chi connectivity index (χ3v) is 8.60. The van der Waals surface area contributed by atoms with Gasteiger partial charge in [0.05, 0.1) is 11.7 Å². The minimum atomic E-state index is -0.294. The smallest absolute Gasteiger partial charge is 0.253 e. The van der Waals surface area contributed by atoms with Crippen LogP contribution in [0.2, 0.25) is 0 Å². The van der Waals surface area contributed by atoms with E-state index < -0.39 is 0 Å². The molecule has 1 fully saturated rings. The molecule has 0 saturated carbocycles. The zero-order valence-corrected chi connectivity index (χ0v) is 23.5. The topological polar surface area (TPSA) is 68.4 Å². The normalized spacial score (nSPS) is 17.8. The number of para-hydroxylation sites is 1. The van der Waals surface area contributed by atoms with Crippen molar-refractivity contribution in [1.29, 1.82) is 0 Å². The lowest BCUT2D eigenvalue weighted by Crippen LogP contribution is -2.49. The number of carbonyl (C=O) groups excluding carboxylic acids is 1. The zero-order chi connectivity index (χ0) is 29.3. The van der Waals surface area contributed by atoms with E-state index in [1.54, 1.807) is 18.3 Å². The Morgan fingerprint density at radius 1 is 0.744 bits per heavy atom. The minimum Gasteiger partial charge on any atom is -0.377 e. The number of hydrogen-bond acceptors (Lipinski definition) is 4. The van der Waals surface area contributed by atoms with E-state index in [1.807, 2.05) is 64.4 Å². The first-order valence-corrected chi connectivity index (χ1v) is 14.6. The van der Waals surface area contributed by atoms with Crippen molar-refractivity contribution in [3.63, 3.8) is 0 Å². The molecule has 214 valence electrons. The largest absolute Gasteiger partial charge is 0.377 e. The first kappa shape index (κ1) is 26.7. The van der Waals surface area contributed by atoms with E-state index in [9.17, 15) is 14.0 Å². The first-order valence-electron chi connectivity index (χ1n) is 14.6. The molecule has 2 aliphatic heterocycles. The SMILES string of the molecule is O=C(c1ccc2c(c1)C(c1ccc(-c3ccccc3)cc1)C(c1ccc[nH]c1=O)N2)N1CCN(c2ccccc2F)CC1. The van der Waals surface area contributed by atoms with Gasteiger partial charge in [0.25, 0.3) is 11.5 Å². The van der Waals surface area contributed by atoms with Crippen molar-refractivity contribution >= 4 is 17.3 Å². The summed E-state index contributed by atoms with van der Waals surface area (Å²) < 4.78 is 14.3. The van der Waals surface area contributed by atoms with Crippen LogP contribution in [0.3, 0.4) is 0 Å². The van der Waals surface area contributed by atoms with Crippen LogP contribution in [0.5, 0.6) is 0 Å². The van der Waals surface area contributed by atoms with Crippen molar-refractivity contribution < 1.29 is 9.18 Å². The van der Waals surface area contributed by atoms with Gasteiger partial charge in [-0.05, 0) is 64.7 Å². The van der Waals surface area contributed by atoms with Crippen LogP contribution in [0.15, 0.2) is 120 Å². The molecule has 1 aromatic heterocycles. The summed E-state index contributed by atoms with van der Waals surface area (Å²) >= 11 is 0. The second-order valence-electron chi connectivity index (χ2n) is 11.1. The molecule has 3 heterocycles. The van der Waals surface area contributed by atoms with E-state index in [-0.39, 0.29) is 29.2 Å². The molecular formula is C36H31FN4O2. The lowest BCUT2D eigenvalue weighted by Gasteiger charge is -2.36. The molecule has 7 rings (SSSR count). The highest BCUT2D eigenvalue weighted by atomic mass is 19.1. The molecule has 5 aromatic rings. The fourth-order valence-electron chi connectivity index (χ4n) is 6.38. The third-order valence-electron chi connectivity index (χ3n) is 8.60. The molecule has 2 atom stereocenters. The average Bonchev–Trinajstić information content (AvgIpc) is 3.44. The number of nitrogens with one attached hydrogen (secondary N) is 2. The number of anilines is 2. The summed E-state index contributed by atoms with van der Waals surface area (Å²) in [6.07, 6.45) is 1.64. The molecule has 7 heteroatoms. The van der Waals surface area contributed by atoms with Crippen LogP contribution in [0, 0.1) is 5.82 Å². The summed E-state index contributed by atoms with van der Waals surface area (Å²) in [7, 11) is 0. The Morgan fingerprint density at radius 3 is 2.21 bits per heavy atom. The molecule has 4 aromatic carbocycles. The highest BCUT2D eigenvalue weighted by Gasteiger charge is 2.37. The lowest BCUT2D eigenvalue weighted by atomic mass is 9.84. The summed E-state index contributed by atoms with van der Waals surface area (Å²) in [5.74, 6) is -0.466. The second-order valence-corrected chi connectivity index (χ2v) is 11.1. The number of rotatable bonds is 5. The van der Waals surface area contributed by atoms with Crippen molar-refractivity contribution in [3.8, 4) is 11.1 Å². The molecular weight excluding hydrogens is 539 g/mol. The molecule has 2 aliphatic rings. The lowest BCUT2D eigenvalue weighted by molar-refractivity contribution is 0.0746. The number of carbonyl (C=O) groups is 1. The Hall–Kier alpha value is -5.17. The summed E-state index contributed by atoms with van der Waals surface area (Å²) in [5.41, 5.74) is 6.89. The molecule has 2 N–H and O–H groups in total. The van der Waals surface area contributed by atoms with Crippen LogP contribution >= 0.6 is 0 Å². The molecule has 0 radical (unpaired) electrons. The van der Waals surface area contributed by atoms with Crippen molar-refractivity contribution in [2.24, 2.45) is 0 Å². The maximum absolute atomic E-state index is 14.3. The van der Waals surface area contributed by atoms with E-state index in [1.165, 1.54) is 6.07 Å². The number of benzene rings is 4. The van der Waals surface area contributed by atoms with Crippen LogP contribution in [0.4, 0.5) is 15.8 Å². The number of halogens is 1. The van der Waals surface area contributed by atoms with Gasteiger partial charge in [-0.2, -0.15) is 0 Å². The molecule has 2 unspecified atom stereocenters. The number of aromatic nitrogens is 1. The Kier molecular flexibility index (Phi) is 6.99. The van der Waals surface area contributed by atoms with Gasteiger partial charge < -0.3 is 20.1 Å². The van der Waals surface area contributed by atoms with E-state index in [4.69, 9.17) is 0 Å². The van der Waals surface area contributed by atoms with Gasteiger partial charge in [0.15, 0.2) is 0 Å². The number of H-pyrrole nitrogens is 1. The molecule has 1 saturated heterocycles. The predicted octanol–water partition coefficient (Wildman–Crippen LogP) is 6.44. The number of hydrogen-bond donors (Lipinski definition) is 2. The number of amides is 1. The van der Waals surface area contributed by atoms with Gasteiger partial charge in [0.2, 0.25) is 0 Å². The van der Waals surface area contributed by atoms with Crippen LogP contribution in [-0.2, 0) is 0 Å². The molecule has 43 heavy (non-hydrogen) atoms. The second kappa shape index (κ2) is 11.2. The Labute approximate surface area is 249 Å². The van der Waals surface area contributed by atoms with Gasteiger partial charge in [0, 0.05) is 55.1 Å². The van der Waals surface area contributed by atoms with Gasteiger partial charge in [-0.3, -0.25) is 9.59 Å². The Morgan fingerprint density at radius 2 is 1.47 bits per heavy atom. The van der Waals surface area contributed by atoms with Crippen molar-refractivity contribution in [3.05, 3.63) is 154 Å². The molecule has 0 aliphatic carbocycles. The number of pyridine rings is 1. The van der Waals surface area contributed by atoms with Crippen LogP contribution in [0.1, 0.15) is 39.0 Å². The van der Waals surface area contributed by atoms with Crippen LogP contribution < -0.4 is 15.8 Å². The van der Waals surface area contributed by atoms with Gasteiger partial charge in [-0.1, -0.05) is 66.7 Å². The molecule has 6 nitrogen and oxygen atoms in total. The first-order chi connectivity index (χ1) is 21.1. The van der Waals surface area contributed by atoms with Crippen LogP contribution in [0.25, 0.3) is 11.1 Å². The van der Waals surface area contributed by atoms with E-state index >= 15 is 0 Å². The number of fused-ring (bicyclic) bond motifs is 1. The van der Waals surface area contributed by atoms with Gasteiger partial charge in [-0.15, -0.1) is 0 Å². The Balaban J connectivity index is 1.19. The van der Waals surface area contributed by atoms with Crippen molar-refractivity contribution in [2.75, 3.05) is 36.4 Å². The third kappa shape index (κ3) is 5.07. The van der Waals surface area contributed by atoms with Crippen molar-refractivity contribution in [1.82, 2.24) is 9.88 Å². The standard InChI is InChI=1S/C36H31FN4O2/c37-30-10-4-5-11-32(30)40-19-21-41(22-20-40)36(43)27-16-17-31-29(23-27)33(34(39-31)28-9-6-18-38-35(28)42)26-14-12-25(13-15-26)24-7-2-1-3-8-24/h1-18,23,33-34,39H,19-22H2,(H,38,42). The fraction of sp³-hybridized carbons (Fsp3) is 0.167. The highest BCUT2D eigenvalue weighted by Crippen LogP contribution is 2.47. The fourth-order valence-corrected chi connectivity index (χ4v) is 6.38. The summed E-state index contributed by atoms with van der Waals surface area (Å²) in [6.45, 7) is 2.15. The Bertz CT molecular complexity index is 1830. The number of nitrogens with zero attached hydrogens (tertiary/aromatic N) is 2. The molecule has 1 amide bonds. The maximum Gasteiger partial charge on any atom is 0.253 e. The monoisotopic (exact) mass is 570 g/mol. The van der Waals surface area contributed by atoms with E-state index in [2.05, 4.69) is 46.7 Å². The molecule has 0 spiro atoms. The zero-order valence-electron chi connectivity index (χ0n) is 23.5. The average molecular weight is 571 g/mol. The van der Waals surface area contributed by atoms with Crippen LogP contribution in [-0.4, -0.2) is 42.0 Å². The van der Waals surface area contributed by atoms with Gasteiger partial charge in [0.1, 0.15) is 5.82 Å². The quantitative estimate of drug-likeness (QED) is 0.255. The van der Waals surface area contributed by atoms with Gasteiger partial charge in [-0.25, -0.2) is 4.39 Å². The summed E-state index contributed by atoms with van der Waals surface area (Å²) in [4.78, 5) is 33.3. The van der Waals surface area contributed by atoms with Gasteiger partial charge >= 0.3 is 0 Å².